The van der Waals surface area contributed by atoms with E-state index in [0.717, 1.165) is 23.1 Å². The first-order chi connectivity index (χ1) is 18.9. The zero-order valence-corrected chi connectivity index (χ0v) is 23.1. The van der Waals surface area contributed by atoms with Crippen molar-refractivity contribution in [2.45, 2.75) is 32.7 Å². The van der Waals surface area contributed by atoms with Crippen molar-refractivity contribution in [3.63, 3.8) is 0 Å². The number of halogens is 1. The number of benzene rings is 3. The predicted octanol–water partition coefficient (Wildman–Crippen LogP) is 6.35. The average molecular weight is 548 g/mol. The smallest absolute Gasteiger partial charge is 0.290 e. The first-order valence-electron chi connectivity index (χ1n) is 12.9. The van der Waals surface area contributed by atoms with Gasteiger partial charge in [-0.15, -0.1) is 0 Å². The van der Waals surface area contributed by atoms with E-state index in [1.54, 1.807) is 31.3 Å². The maximum Gasteiger partial charge on any atom is 0.290 e. The van der Waals surface area contributed by atoms with Gasteiger partial charge in [0.2, 0.25) is 5.76 Å². The summed E-state index contributed by atoms with van der Waals surface area (Å²) in [7, 11) is 3.17. The first-order valence-corrected chi connectivity index (χ1v) is 13.3. The third-order valence-corrected chi connectivity index (χ3v) is 7.39. The highest BCUT2D eigenvalue weighted by molar-refractivity contribution is 6.32. The summed E-state index contributed by atoms with van der Waals surface area (Å²) in [4.78, 5) is 29.4. The summed E-state index contributed by atoms with van der Waals surface area (Å²) in [6, 6.07) is 15.9. The van der Waals surface area contributed by atoms with Crippen LogP contribution in [0.5, 0.6) is 17.2 Å². The standard InChI is InChI=1S/C31H30ClNO6/c1-5-13-38-21-8-6-7-20(16-21)28-27-29(34)22-17-23(32)18(2)14-25(22)39-30(27)31(35)33(28)12-11-19-9-10-24(36-3)26(15-19)37-4/h6-10,14-17,28H,5,11-13H2,1-4H3. The third-order valence-electron chi connectivity index (χ3n) is 6.98. The van der Waals surface area contributed by atoms with Gasteiger partial charge < -0.3 is 23.5 Å². The summed E-state index contributed by atoms with van der Waals surface area (Å²) >= 11 is 6.36. The van der Waals surface area contributed by atoms with Crippen LogP contribution in [0.15, 0.2) is 63.8 Å². The highest BCUT2D eigenvalue weighted by Gasteiger charge is 2.42. The molecule has 8 heteroatoms. The largest absolute Gasteiger partial charge is 0.494 e. The maximum absolute atomic E-state index is 13.9. The lowest BCUT2D eigenvalue weighted by Gasteiger charge is -2.25. The molecule has 0 aliphatic carbocycles. The van der Waals surface area contributed by atoms with E-state index in [9.17, 15) is 9.59 Å². The number of aryl methyl sites for hydroxylation is 1. The van der Waals surface area contributed by atoms with Crippen molar-refractivity contribution in [3.8, 4) is 17.2 Å². The Hall–Kier alpha value is -3.97. The fraction of sp³-hybridized carbons (Fsp3) is 0.290. The Morgan fingerprint density at radius 1 is 1.00 bits per heavy atom. The van der Waals surface area contributed by atoms with E-state index in [1.807, 2.05) is 56.3 Å². The molecule has 4 aromatic rings. The van der Waals surface area contributed by atoms with Crippen LogP contribution in [0, 0.1) is 6.92 Å². The van der Waals surface area contributed by atoms with Gasteiger partial charge in [0.25, 0.3) is 5.91 Å². The van der Waals surface area contributed by atoms with E-state index in [-0.39, 0.29) is 17.1 Å². The zero-order valence-electron chi connectivity index (χ0n) is 22.4. The van der Waals surface area contributed by atoms with Crippen molar-refractivity contribution >= 4 is 28.5 Å². The van der Waals surface area contributed by atoms with Crippen molar-refractivity contribution in [1.29, 1.82) is 0 Å². The minimum atomic E-state index is -0.640. The number of ether oxygens (including phenoxy) is 3. The third kappa shape index (κ3) is 4.94. The second-order valence-electron chi connectivity index (χ2n) is 9.53. The Bertz CT molecular complexity index is 1610. The van der Waals surface area contributed by atoms with Gasteiger partial charge in [0, 0.05) is 11.6 Å². The molecule has 0 radical (unpaired) electrons. The topological polar surface area (TPSA) is 78.2 Å². The summed E-state index contributed by atoms with van der Waals surface area (Å²) in [5, 5.41) is 0.818. The van der Waals surface area contributed by atoms with Crippen molar-refractivity contribution < 1.29 is 23.4 Å². The molecule has 0 saturated heterocycles. The normalized spacial score (nSPS) is 14.5. The second kappa shape index (κ2) is 11.0. The predicted molar refractivity (Wildman–Crippen MR) is 151 cm³/mol. The SMILES string of the molecule is CCCOc1cccc(C2c3c(oc4cc(C)c(Cl)cc4c3=O)C(=O)N2CCc2ccc(OC)c(OC)c2)c1. The zero-order chi connectivity index (χ0) is 27.7. The van der Waals surface area contributed by atoms with Crippen molar-refractivity contribution in [2.24, 2.45) is 0 Å². The van der Waals surface area contributed by atoms with Crippen LogP contribution >= 0.6 is 11.6 Å². The molecule has 39 heavy (non-hydrogen) atoms. The molecule has 1 aliphatic heterocycles. The van der Waals surface area contributed by atoms with Crippen molar-refractivity contribution in [1.82, 2.24) is 4.90 Å². The van der Waals surface area contributed by atoms with Gasteiger partial charge >= 0.3 is 0 Å². The number of rotatable bonds is 9. The van der Waals surface area contributed by atoms with Gasteiger partial charge in [0.15, 0.2) is 16.9 Å². The van der Waals surface area contributed by atoms with Crippen LogP contribution in [0.25, 0.3) is 11.0 Å². The highest BCUT2D eigenvalue weighted by Crippen LogP contribution is 2.40. The van der Waals surface area contributed by atoms with E-state index < -0.39 is 6.04 Å². The number of hydrogen-bond acceptors (Lipinski definition) is 6. The Kier molecular flexibility index (Phi) is 7.53. The molecular weight excluding hydrogens is 518 g/mol. The lowest BCUT2D eigenvalue weighted by Crippen LogP contribution is -2.31. The van der Waals surface area contributed by atoms with Crippen molar-refractivity contribution in [3.05, 3.63) is 97.9 Å². The maximum atomic E-state index is 13.9. The minimum Gasteiger partial charge on any atom is -0.494 e. The molecule has 0 N–H and O–H groups in total. The molecule has 1 unspecified atom stereocenters. The molecule has 3 aromatic carbocycles. The number of amides is 1. The van der Waals surface area contributed by atoms with Crippen LogP contribution in [-0.4, -0.2) is 38.2 Å². The number of fused-ring (bicyclic) bond motifs is 2. The van der Waals surface area contributed by atoms with Gasteiger partial charge in [0.1, 0.15) is 11.3 Å². The lowest BCUT2D eigenvalue weighted by molar-refractivity contribution is 0.0729. The summed E-state index contributed by atoms with van der Waals surface area (Å²) in [6.45, 7) is 4.78. The Labute approximate surface area is 231 Å². The van der Waals surface area contributed by atoms with Gasteiger partial charge in [0.05, 0.1) is 37.8 Å². The van der Waals surface area contributed by atoms with Crippen LogP contribution in [-0.2, 0) is 6.42 Å². The molecule has 1 aliphatic rings. The second-order valence-corrected chi connectivity index (χ2v) is 9.94. The Morgan fingerprint density at radius 3 is 2.54 bits per heavy atom. The molecule has 0 bridgehead atoms. The minimum absolute atomic E-state index is 0.0615. The van der Waals surface area contributed by atoms with Gasteiger partial charge in [-0.05, 0) is 72.9 Å². The molecule has 1 atom stereocenters. The fourth-order valence-electron chi connectivity index (χ4n) is 5.00. The van der Waals surface area contributed by atoms with Crippen LogP contribution in [0.3, 0.4) is 0 Å². The molecule has 2 heterocycles. The molecule has 7 nitrogen and oxygen atoms in total. The molecule has 202 valence electrons. The van der Waals surface area contributed by atoms with Crippen LogP contribution in [0.2, 0.25) is 5.02 Å². The molecule has 0 fully saturated rings. The first kappa shape index (κ1) is 26.6. The van der Waals surface area contributed by atoms with E-state index in [0.29, 0.717) is 58.4 Å². The molecule has 5 rings (SSSR count). The number of carbonyl (C=O) groups is 1. The molecule has 0 saturated carbocycles. The van der Waals surface area contributed by atoms with Crippen LogP contribution < -0.4 is 19.6 Å². The lowest BCUT2D eigenvalue weighted by atomic mass is 9.97. The quantitative estimate of drug-likeness (QED) is 0.243. The van der Waals surface area contributed by atoms with Gasteiger partial charge in [-0.3, -0.25) is 9.59 Å². The number of methoxy groups -OCH3 is 2. The fourth-order valence-corrected chi connectivity index (χ4v) is 5.16. The summed E-state index contributed by atoms with van der Waals surface area (Å²) in [6.07, 6.45) is 1.39. The number of nitrogens with zero attached hydrogens (tertiary/aromatic N) is 1. The summed E-state index contributed by atoms with van der Waals surface area (Å²) in [5.74, 6) is 1.65. The Balaban J connectivity index is 1.60. The van der Waals surface area contributed by atoms with E-state index >= 15 is 0 Å². The van der Waals surface area contributed by atoms with Crippen molar-refractivity contribution in [2.75, 3.05) is 27.4 Å². The highest BCUT2D eigenvalue weighted by atomic mass is 35.5. The van der Waals surface area contributed by atoms with E-state index in [4.69, 9.17) is 30.2 Å². The van der Waals surface area contributed by atoms with Crippen LogP contribution in [0.1, 0.15) is 52.2 Å². The van der Waals surface area contributed by atoms with Crippen LogP contribution in [0.4, 0.5) is 0 Å². The molecule has 1 aromatic heterocycles. The monoisotopic (exact) mass is 547 g/mol. The molecule has 1 amide bonds. The van der Waals surface area contributed by atoms with E-state index in [2.05, 4.69) is 0 Å². The van der Waals surface area contributed by atoms with Gasteiger partial charge in [-0.2, -0.15) is 0 Å². The molecule has 0 spiro atoms. The number of carbonyl (C=O) groups excluding carboxylic acids is 1. The number of hydrogen-bond donors (Lipinski definition) is 0. The summed E-state index contributed by atoms with van der Waals surface area (Å²) in [5.41, 5.74) is 2.89. The molecular formula is C31H30ClNO6. The average Bonchev–Trinajstić information content (AvgIpc) is 3.23. The Morgan fingerprint density at radius 2 is 1.79 bits per heavy atom. The van der Waals surface area contributed by atoms with Gasteiger partial charge in [-0.1, -0.05) is 36.7 Å². The van der Waals surface area contributed by atoms with E-state index in [1.165, 1.54) is 0 Å². The van der Waals surface area contributed by atoms with Gasteiger partial charge in [-0.25, -0.2) is 0 Å². The summed E-state index contributed by atoms with van der Waals surface area (Å²) < 4.78 is 22.8.